The fourth-order valence-electron chi connectivity index (χ4n) is 2.28. The molecule has 0 fully saturated rings. The monoisotopic (exact) mass is 321 g/mol. The van der Waals surface area contributed by atoms with E-state index in [9.17, 15) is 14.3 Å². The van der Waals surface area contributed by atoms with E-state index in [-0.39, 0.29) is 30.8 Å². The number of halogens is 1. The molecule has 0 radical (unpaired) electrons. The lowest BCUT2D eigenvalue weighted by molar-refractivity contribution is -0.125. The second kappa shape index (κ2) is 7.77. The van der Waals surface area contributed by atoms with Crippen molar-refractivity contribution in [3.63, 3.8) is 0 Å². The van der Waals surface area contributed by atoms with Crippen LogP contribution in [0.4, 0.5) is 4.39 Å². The SMILES string of the molecule is CCC(CO)NC(=O)C(Cc1cccc(F)c1)n1nnnc1C. The van der Waals surface area contributed by atoms with E-state index in [0.29, 0.717) is 17.8 Å². The van der Waals surface area contributed by atoms with Crippen LogP contribution >= 0.6 is 0 Å². The van der Waals surface area contributed by atoms with Crippen LogP contribution in [-0.2, 0) is 11.2 Å². The number of nitrogens with one attached hydrogen (secondary N) is 1. The lowest BCUT2D eigenvalue weighted by Gasteiger charge is -2.21. The summed E-state index contributed by atoms with van der Waals surface area (Å²) in [5, 5.41) is 23.2. The Balaban J connectivity index is 2.25. The lowest BCUT2D eigenvalue weighted by atomic mass is 10.0. The normalized spacial score (nSPS) is 13.6. The molecular formula is C15H20FN5O2. The molecule has 1 aromatic heterocycles. The Bertz CT molecular complexity index is 657. The van der Waals surface area contributed by atoms with Crippen LogP contribution in [0, 0.1) is 12.7 Å². The minimum atomic E-state index is -0.715. The number of nitrogens with zero attached hydrogens (tertiary/aromatic N) is 4. The van der Waals surface area contributed by atoms with Crippen molar-refractivity contribution in [1.29, 1.82) is 0 Å². The third kappa shape index (κ3) is 4.32. The molecule has 0 spiro atoms. The average molecular weight is 321 g/mol. The van der Waals surface area contributed by atoms with E-state index in [1.807, 2.05) is 6.92 Å². The highest BCUT2D eigenvalue weighted by molar-refractivity contribution is 5.80. The van der Waals surface area contributed by atoms with Gasteiger partial charge in [0.2, 0.25) is 5.91 Å². The van der Waals surface area contributed by atoms with Crippen LogP contribution in [-0.4, -0.2) is 43.9 Å². The van der Waals surface area contributed by atoms with Gasteiger partial charge >= 0.3 is 0 Å². The Labute approximate surface area is 133 Å². The van der Waals surface area contributed by atoms with E-state index in [1.165, 1.54) is 16.8 Å². The molecule has 2 N–H and O–H groups in total. The summed E-state index contributed by atoms with van der Waals surface area (Å²) in [5.74, 6) is -0.193. The van der Waals surface area contributed by atoms with E-state index >= 15 is 0 Å². The van der Waals surface area contributed by atoms with Crippen LogP contribution in [0.1, 0.15) is 30.8 Å². The number of carbonyl (C=O) groups is 1. The summed E-state index contributed by atoms with van der Waals surface area (Å²) in [7, 11) is 0. The molecule has 1 amide bonds. The number of hydrogen-bond acceptors (Lipinski definition) is 5. The first kappa shape index (κ1) is 17.0. The smallest absolute Gasteiger partial charge is 0.245 e. The van der Waals surface area contributed by atoms with Crippen molar-refractivity contribution in [3.05, 3.63) is 41.5 Å². The number of tetrazole rings is 1. The topological polar surface area (TPSA) is 92.9 Å². The van der Waals surface area contributed by atoms with Gasteiger partial charge in [-0.2, -0.15) is 0 Å². The molecule has 2 unspecified atom stereocenters. The molecule has 124 valence electrons. The molecule has 7 nitrogen and oxygen atoms in total. The molecule has 1 aromatic carbocycles. The summed E-state index contributed by atoms with van der Waals surface area (Å²) in [5.41, 5.74) is 0.664. The highest BCUT2D eigenvalue weighted by Crippen LogP contribution is 2.16. The van der Waals surface area contributed by atoms with Gasteiger partial charge in [0.1, 0.15) is 17.7 Å². The van der Waals surface area contributed by atoms with Gasteiger partial charge in [-0.15, -0.1) is 5.10 Å². The number of rotatable bonds is 7. The van der Waals surface area contributed by atoms with Gasteiger partial charge in [0.15, 0.2) is 0 Å². The Morgan fingerprint density at radius 3 is 2.83 bits per heavy atom. The molecule has 2 aromatic rings. The number of aryl methyl sites for hydroxylation is 1. The Morgan fingerprint density at radius 2 is 2.26 bits per heavy atom. The van der Waals surface area contributed by atoms with E-state index in [4.69, 9.17) is 0 Å². The summed E-state index contributed by atoms with van der Waals surface area (Å²) in [6, 6.07) is 5.01. The molecule has 0 bridgehead atoms. The quantitative estimate of drug-likeness (QED) is 0.786. The maximum Gasteiger partial charge on any atom is 0.245 e. The molecule has 8 heteroatoms. The molecule has 0 aliphatic rings. The van der Waals surface area contributed by atoms with Crippen molar-refractivity contribution in [1.82, 2.24) is 25.5 Å². The van der Waals surface area contributed by atoms with Gasteiger partial charge in [0, 0.05) is 6.42 Å². The first-order valence-electron chi connectivity index (χ1n) is 7.45. The zero-order valence-corrected chi connectivity index (χ0v) is 13.1. The number of aliphatic hydroxyl groups excluding tert-OH is 1. The number of aromatic nitrogens is 4. The van der Waals surface area contributed by atoms with E-state index < -0.39 is 6.04 Å². The molecule has 0 saturated heterocycles. The maximum atomic E-state index is 13.4. The van der Waals surface area contributed by atoms with Gasteiger partial charge < -0.3 is 10.4 Å². The van der Waals surface area contributed by atoms with Crippen molar-refractivity contribution in [2.45, 2.75) is 38.8 Å². The minimum Gasteiger partial charge on any atom is -0.394 e. The summed E-state index contributed by atoms with van der Waals surface area (Å²) in [6.45, 7) is 3.41. The van der Waals surface area contributed by atoms with E-state index in [0.717, 1.165) is 0 Å². The summed E-state index contributed by atoms with van der Waals surface area (Å²) >= 11 is 0. The standard InChI is InChI=1S/C15H20FN5O2/c1-3-13(9-22)17-15(23)14(21-10(2)18-19-20-21)8-11-5-4-6-12(16)7-11/h4-7,13-14,22H,3,8-9H2,1-2H3,(H,17,23). The number of amides is 1. The first-order valence-corrected chi connectivity index (χ1v) is 7.45. The fraction of sp³-hybridized carbons (Fsp3) is 0.467. The van der Waals surface area contributed by atoms with Gasteiger partial charge in [0.25, 0.3) is 0 Å². The summed E-state index contributed by atoms with van der Waals surface area (Å²) < 4.78 is 14.8. The minimum absolute atomic E-state index is 0.149. The van der Waals surface area contributed by atoms with E-state index in [1.54, 1.807) is 19.1 Å². The van der Waals surface area contributed by atoms with Crippen molar-refractivity contribution in [2.24, 2.45) is 0 Å². The lowest BCUT2D eigenvalue weighted by Crippen LogP contribution is -2.42. The second-order valence-electron chi connectivity index (χ2n) is 5.32. The van der Waals surface area contributed by atoms with Gasteiger partial charge in [-0.05, 0) is 41.5 Å². The highest BCUT2D eigenvalue weighted by Gasteiger charge is 2.25. The largest absolute Gasteiger partial charge is 0.394 e. The van der Waals surface area contributed by atoms with Crippen LogP contribution in [0.25, 0.3) is 0 Å². The maximum absolute atomic E-state index is 13.4. The molecule has 23 heavy (non-hydrogen) atoms. The molecule has 0 saturated carbocycles. The molecular weight excluding hydrogens is 301 g/mol. The Morgan fingerprint density at radius 1 is 1.48 bits per heavy atom. The molecule has 2 rings (SSSR count). The molecule has 0 aliphatic heterocycles. The van der Waals surface area contributed by atoms with Gasteiger partial charge in [0.05, 0.1) is 12.6 Å². The number of hydrogen-bond donors (Lipinski definition) is 2. The fourth-order valence-corrected chi connectivity index (χ4v) is 2.28. The zero-order chi connectivity index (χ0) is 16.8. The summed E-state index contributed by atoms with van der Waals surface area (Å²) in [6.07, 6.45) is 0.848. The van der Waals surface area contributed by atoms with Crippen LogP contribution in [0.15, 0.2) is 24.3 Å². The predicted molar refractivity (Wildman–Crippen MR) is 81.0 cm³/mol. The van der Waals surface area contributed by atoms with Gasteiger partial charge in [-0.3, -0.25) is 4.79 Å². The van der Waals surface area contributed by atoms with Crippen molar-refractivity contribution in [3.8, 4) is 0 Å². The van der Waals surface area contributed by atoms with Crippen LogP contribution in [0.2, 0.25) is 0 Å². The number of benzene rings is 1. The van der Waals surface area contributed by atoms with Crippen LogP contribution in [0.5, 0.6) is 0 Å². The molecule has 0 aliphatic carbocycles. The van der Waals surface area contributed by atoms with Gasteiger partial charge in [-0.1, -0.05) is 19.1 Å². The van der Waals surface area contributed by atoms with Crippen molar-refractivity contribution < 1.29 is 14.3 Å². The zero-order valence-electron chi connectivity index (χ0n) is 13.1. The van der Waals surface area contributed by atoms with E-state index in [2.05, 4.69) is 20.8 Å². The Hall–Kier alpha value is -2.35. The average Bonchev–Trinajstić information content (AvgIpc) is 2.96. The third-order valence-corrected chi connectivity index (χ3v) is 3.63. The van der Waals surface area contributed by atoms with Crippen LogP contribution in [0.3, 0.4) is 0 Å². The highest BCUT2D eigenvalue weighted by atomic mass is 19.1. The molecule has 2 atom stereocenters. The number of carbonyl (C=O) groups excluding carboxylic acids is 1. The summed E-state index contributed by atoms with van der Waals surface area (Å²) in [4.78, 5) is 12.6. The van der Waals surface area contributed by atoms with Gasteiger partial charge in [-0.25, -0.2) is 9.07 Å². The second-order valence-corrected chi connectivity index (χ2v) is 5.32. The predicted octanol–water partition coefficient (Wildman–Crippen LogP) is 0.792. The van der Waals surface area contributed by atoms with Crippen LogP contribution < -0.4 is 5.32 Å². The molecule has 1 heterocycles. The first-order chi connectivity index (χ1) is 11.0. The van der Waals surface area contributed by atoms with Crippen molar-refractivity contribution in [2.75, 3.05) is 6.61 Å². The number of aliphatic hydroxyl groups is 1. The Kier molecular flexibility index (Phi) is 5.75. The third-order valence-electron chi connectivity index (χ3n) is 3.63. The van der Waals surface area contributed by atoms with Crippen molar-refractivity contribution >= 4 is 5.91 Å².